The Labute approximate surface area is 140 Å². The first-order chi connectivity index (χ1) is 10.7. The van der Waals surface area contributed by atoms with Gasteiger partial charge in [-0.3, -0.25) is 4.79 Å². The molecule has 0 aliphatic carbocycles. The van der Waals surface area contributed by atoms with E-state index in [0.717, 1.165) is 5.82 Å². The Bertz CT molecular complexity index is 714. The molecule has 0 aliphatic heterocycles. The van der Waals surface area contributed by atoms with E-state index in [1.54, 1.807) is 18.2 Å². The quantitative estimate of drug-likeness (QED) is 0.928. The molecule has 2 aromatic rings. The van der Waals surface area contributed by atoms with Crippen molar-refractivity contribution in [1.82, 2.24) is 10.3 Å². The summed E-state index contributed by atoms with van der Waals surface area (Å²) in [5, 5.41) is 3.17. The summed E-state index contributed by atoms with van der Waals surface area (Å²) in [6.45, 7) is 3.62. The molecule has 0 radical (unpaired) electrons. The van der Waals surface area contributed by atoms with Gasteiger partial charge in [-0.1, -0.05) is 17.7 Å². The number of anilines is 1. The summed E-state index contributed by atoms with van der Waals surface area (Å²) >= 11 is 6.09. The van der Waals surface area contributed by atoms with Crippen LogP contribution in [0.3, 0.4) is 0 Å². The van der Waals surface area contributed by atoms with E-state index in [4.69, 9.17) is 11.6 Å². The summed E-state index contributed by atoms with van der Waals surface area (Å²) in [4.78, 5) is 18.5. The molecule has 0 atom stereocenters. The Balaban J connectivity index is 2.20. The lowest BCUT2D eigenvalue weighted by molar-refractivity contribution is 0.0912. The Kier molecular flexibility index (Phi) is 4.90. The number of aromatic nitrogens is 1. The van der Waals surface area contributed by atoms with Crippen molar-refractivity contribution in [3.05, 3.63) is 58.5 Å². The number of nitrogens with zero attached hydrogens (tertiary/aromatic N) is 2. The fraction of sp³-hybridized carbons (Fsp3) is 0.294. The van der Waals surface area contributed by atoms with Crippen LogP contribution in [0.4, 0.5) is 10.2 Å². The molecule has 0 unspecified atom stereocenters. The van der Waals surface area contributed by atoms with Crippen LogP contribution in [0.25, 0.3) is 0 Å². The van der Waals surface area contributed by atoms with Gasteiger partial charge < -0.3 is 10.2 Å². The van der Waals surface area contributed by atoms with Crippen LogP contribution >= 0.6 is 11.6 Å². The monoisotopic (exact) mass is 335 g/mol. The molecule has 1 aromatic carbocycles. The topological polar surface area (TPSA) is 45.2 Å². The van der Waals surface area contributed by atoms with Crippen molar-refractivity contribution in [3.63, 3.8) is 0 Å². The highest BCUT2D eigenvalue weighted by atomic mass is 35.5. The average molecular weight is 336 g/mol. The maximum absolute atomic E-state index is 13.2. The van der Waals surface area contributed by atoms with Crippen LogP contribution in [0.15, 0.2) is 36.5 Å². The fourth-order valence-electron chi connectivity index (χ4n) is 2.20. The average Bonchev–Trinajstić information content (AvgIpc) is 2.46. The second-order valence-corrected chi connectivity index (χ2v) is 6.41. The van der Waals surface area contributed by atoms with Gasteiger partial charge in [0, 0.05) is 25.3 Å². The highest BCUT2D eigenvalue weighted by Crippen LogP contribution is 2.28. The van der Waals surface area contributed by atoms with Gasteiger partial charge in [-0.2, -0.15) is 0 Å². The van der Waals surface area contributed by atoms with Crippen LogP contribution in [0.2, 0.25) is 5.02 Å². The van der Waals surface area contributed by atoms with Gasteiger partial charge in [0.2, 0.25) is 0 Å². The smallest absolute Gasteiger partial charge is 0.253 e. The van der Waals surface area contributed by atoms with Gasteiger partial charge in [-0.25, -0.2) is 9.37 Å². The van der Waals surface area contributed by atoms with Crippen LogP contribution in [-0.4, -0.2) is 25.0 Å². The molecule has 0 aliphatic rings. The van der Waals surface area contributed by atoms with Crippen molar-refractivity contribution in [1.29, 1.82) is 0 Å². The van der Waals surface area contributed by atoms with Gasteiger partial charge in [-0.05, 0) is 43.7 Å². The lowest BCUT2D eigenvalue weighted by atomic mass is 9.93. The highest BCUT2D eigenvalue weighted by molar-refractivity contribution is 6.31. The van der Waals surface area contributed by atoms with E-state index in [-0.39, 0.29) is 10.9 Å². The molecule has 0 bridgehead atoms. The minimum absolute atomic E-state index is 0.270. The van der Waals surface area contributed by atoms with Crippen LogP contribution in [0.5, 0.6) is 0 Å². The summed E-state index contributed by atoms with van der Waals surface area (Å²) in [5.41, 5.74) is 0.343. The van der Waals surface area contributed by atoms with E-state index >= 15 is 0 Å². The zero-order chi connectivity index (χ0) is 17.2. The van der Waals surface area contributed by atoms with E-state index in [0.29, 0.717) is 11.1 Å². The summed E-state index contributed by atoms with van der Waals surface area (Å²) in [6.07, 6.45) is 1.52. The van der Waals surface area contributed by atoms with Crippen molar-refractivity contribution in [3.8, 4) is 0 Å². The number of benzene rings is 1. The number of rotatable bonds is 4. The van der Waals surface area contributed by atoms with E-state index in [1.807, 2.05) is 32.8 Å². The van der Waals surface area contributed by atoms with Crippen LogP contribution in [0.1, 0.15) is 29.8 Å². The zero-order valence-corrected chi connectivity index (χ0v) is 14.3. The van der Waals surface area contributed by atoms with Gasteiger partial charge in [-0.15, -0.1) is 0 Å². The van der Waals surface area contributed by atoms with Gasteiger partial charge in [0.1, 0.15) is 11.6 Å². The zero-order valence-electron chi connectivity index (χ0n) is 13.5. The number of pyridine rings is 1. The molecule has 122 valence electrons. The maximum atomic E-state index is 13.2. The summed E-state index contributed by atoms with van der Waals surface area (Å²) in [6, 6.07) is 7.61. The Morgan fingerprint density at radius 2 is 1.96 bits per heavy atom. The minimum Gasteiger partial charge on any atom is -0.363 e. The number of carbonyl (C=O) groups is 1. The second-order valence-electron chi connectivity index (χ2n) is 6.00. The maximum Gasteiger partial charge on any atom is 0.253 e. The van der Waals surface area contributed by atoms with Gasteiger partial charge in [0.05, 0.1) is 11.1 Å². The van der Waals surface area contributed by atoms with Crippen molar-refractivity contribution in [2.75, 3.05) is 19.0 Å². The predicted octanol–water partition coefficient (Wildman–Crippen LogP) is 3.61. The Hall–Kier alpha value is -2.14. The Morgan fingerprint density at radius 1 is 1.26 bits per heavy atom. The largest absolute Gasteiger partial charge is 0.363 e. The first kappa shape index (κ1) is 17.2. The van der Waals surface area contributed by atoms with Crippen LogP contribution in [-0.2, 0) is 5.54 Å². The normalized spacial score (nSPS) is 11.2. The van der Waals surface area contributed by atoms with E-state index in [9.17, 15) is 9.18 Å². The molecule has 6 heteroatoms. The van der Waals surface area contributed by atoms with Crippen molar-refractivity contribution in [2.24, 2.45) is 0 Å². The molecule has 0 fully saturated rings. The third kappa shape index (κ3) is 3.99. The molecule has 0 saturated carbocycles. The SMILES string of the molecule is CN(C)c1ccc(C(=O)NC(C)(C)c2ccc(F)cc2Cl)cn1. The standard InChI is InChI=1S/C17H19ClFN3O/c1-17(2,13-7-6-12(19)9-14(13)18)21-16(23)11-5-8-15(20-10-11)22(3)4/h5-10H,1-4H3,(H,21,23). The molecular formula is C17H19ClFN3O. The molecule has 4 nitrogen and oxygen atoms in total. The van der Waals surface area contributed by atoms with E-state index in [1.165, 1.54) is 18.3 Å². The summed E-state index contributed by atoms with van der Waals surface area (Å²) < 4.78 is 13.2. The summed E-state index contributed by atoms with van der Waals surface area (Å²) in [7, 11) is 3.75. The number of hydrogen-bond acceptors (Lipinski definition) is 3. The third-order valence-corrected chi connectivity index (χ3v) is 3.81. The first-order valence-electron chi connectivity index (χ1n) is 7.12. The van der Waals surface area contributed by atoms with Gasteiger partial charge >= 0.3 is 0 Å². The number of carbonyl (C=O) groups excluding carboxylic acids is 1. The number of halogens is 2. The number of nitrogens with one attached hydrogen (secondary N) is 1. The van der Waals surface area contributed by atoms with Crippen molar-refractivity contribution >= 4 is 23.3 Å². The fourth-order valence-corrected chi connectivity index (χ4v) is 2.61. The molecule has 23 heavy (non-hydrogen) atoms. The molecule has 1 aromatic heterocycles. The van der Waals surface area contributed by atoms with Crippen molar-refractivity contribution < 1.29 is 9.18 Å². The molecule has 1 amide bonds. The molecule has 1 N–H and O–H groups in total. The van der Waals surface area contributed by atoms with Crippen LogP contribution in [0, 0.1) is 5.82 Å². The van der Waals surface area contributed by atoms with Gasteiger partial charge in [0.25, 0.3) is 5.91 Å². The molecule has 2 rings (SSSR count). The first-order valence-corrected chi connectivity index (χ1v) is 7.50. The van der Waals surface area contributed by atoms with E-state index in [2.05, 4.69) is 10.3 Å². The summed E-state index contributed by atoms with van der Waals surface area (Å²) in [5.74, 6) is 0.0833. The van der Waals surface area contributed by atoms with Gasteiger partial charge in [0.15, 0.2) is 0 Å². The lowest BCUT2D eigenvalue weighted by Crippen LogP contribution is -2.41. The van der Waals surface area contributed by atoms with Crippen LogP contribution < -0.4 is 10.2 Å². The second kappa shape index (κ2) is 6.54. The highest BCUT2D eigenvalue weighted by Gasteiger charge is 2.26. The molecular weight excluding hydrogens is 317 g/mol. The lowest BCUT2D eigenvalue weighted by Gasteiger charge is -2.28. The predicted molar refractivity (Wildman–Crippen MR) is 90.5 cm³/mol. The molecule has 0 spiro atoms. The third-order valence-electron chi connectivity index (χ3n) is 3.50. The molecule has 1 heterocycles. The Morgan fingerprint density at radius 3 is 2.48 bits per heavy atom. The number of amides is 1. The minimum atomic E-state index is -0.748. The number of hydrogen-bond donors (Lipinski definition) is 1. The van der Waals surface area contributed by atoms with Crippen molar-refractivity contribution in [2.45, 2.75) is 19.4 Å². The molecule has 0 saturated heterocycles. The van der Waals surface area contributed by atoms with E-state index < -0.39 is 11.4 Å².